The highest BCUT2D eigenvalue weighted by Crippen LogP contribution is 2.25. The lowest BCUT2D eigenvalue weighted by Crippen LogP contribution is -2.45. The van der Waals surface area contributed by atoms with Crippen LogP contribution < -0.4 is 10.6 Å². The maximum atomic E-state index is 11.9. The molecule has 5 nitrogen and oxygen atoms in total. The van der Waals surface area contributed by atoms with Crippen LogP contribution in [0.15, 0.2) is 29.6 Å². The number of thiazole rings is 1. The number of hydrogen-bond acceptors (Lipinski definition) is 5. The molecule has 0 saturated carbocycles. The number of amides is 1. The average Bonchev–Trinajstić information content (AvgIpc) is 2.99. The third-order valence-electron chi connectivity index (χ3n) is 4.15. The SMILES string of the molecule is CNC(=O)c1cccc(C2CNCCN2Cc2csc(C)n2)c1. The molecule has 1 aromatic heterocycles. The molecule has 2 aromatic rings. The van der Waals surface area contributed by atoms with Gasteiger partial charge >= 0.3 is 0 Å². The van der Waals surface area contributed by atoms with Crippen molar-refractivity contribution < 1.29 is 4.79 Å². The summed E-state index contributed by atoms with van der Waals surface area (Å²) in [6.45, 7) is 5.73. The highest BCUT2D eigenvalue weighted by Gasteiger charge is 2.25. The van der Waals surface area contributed by atoms with Gasteiger partial charge < -0.3 is 10.6 Å². The smallest absolute Gasteiger partial charge is 0.251 e. The van der Waals surface area contributed by atoms with Crippen LogP contribution in [0.3, 0.4) is 0 Å². The number of rotatable bonds is 4. The Balaban J connectivity index is 1.82. The monoisotopic (exact) mass is 330 g/mol. The molecule has 0 bridgehead atoms. The number of piperazine rings is 1. The lowest BCUT2D eigenvalue weighted by molar-refractivity contribution is 0.0962. The molecule has 3 rings (SSSR count). The predicted octanol–water partition coefficient (Wildman–Crippen LogP) is 1.96. The Hall–Kier alpha value is -1.76. The van der Waals surface area contributed by atoms with Gasteiger partial charge in [-0.2, -0.15) is 0 Å². The van der Waals surface area contributed by atoms with Gasteiger partial charge in [-0.25, -0.2) is 4.98 Å². The molecule has 6 heteroatoms. The zero-order chi connectivity index (χ0) is 16.2. The molecule has 23 heavy (non-hydrogen) atoms. The first-order valence-electron chi connectivity index (χ1n) is 7.85. The molecule has 1 amide bonds. The molecular weight excluding hydrogens is 308 g/mol. The highest BCUT2D eigenvalue weighted by molar-refractivity contribution is 7.09. The normalized spacial score (nSPS) is 18.8. The third-order valence-corrected chi connectivity index (χ3v) is 4.97. The molecule has 0 aliphatic carbocycles. The maximum absolute atomic E-state index is 11.9. The first kappa shape index (κ1) is 16.1. The number of aryl methyl sites for hydroxylation is 1. The zero-order valence-corrected chi connectivity index (χ0v) is 14.3. The van der Waals surface area contributed by atoms with Crippen molar-refractivity contribution >= 4 is 17.2 Å². The Bertz CT molecular complexity index is 685. The molecule has 1 saturated heterocycles. The van der Waals surface area contributed by atoms with Crippen LogP contribution >= 0.6 is 11.3 Å². The molecule has 1 fully saturated rings. The summed E-state index contributed by atoms with van der Waals surface area (Å²) in [6.07, 6.45) is 0. The topological polar surface area (TPSA) is 57.3 Å². The van der Waals surface area contributed by atoms with Gasteiger partial charge in [-0.15, -0.1) is 11.3 Å². The lowest BCUT2D eigenvalue weighted by atomic mass is 10.0. The number of benzene rings is 1. The number of carbonyl (C=O) groups is 1. The van der Waals surface area contributed by atoms with Crippen LogP contribution in [0.2, 0.25) is 0 Å². The van der Waals surface area contributed by atoms with Crippen molar-refractivity contribution in [2.24, 2.45) is 0 Å². The van der Waals surface area contributed by atoms with Gasteiger partial charge in [-0.05, 0) is 24.6 Å². The van der Waals surface area contributed by atoms with Crippen molar-refractivity contribution in [2.75, 3.05) is 26.7 Å². The molecule has 1 unspecified atom stereocenters. The van der Waals surface area contributed by atoms with Crippen LogP contribution in [0.5, 0.6) is 0 Å². The van der Waals surface area contributed by atoms with E-state index in [0.29, 0.717) is 5.56 Å². The second-order valence-corrected chi connectivity index (χ2v) is 6.82. The predicted molar refractivity (Wildman–Crippen MR) is 92.7 cm³/mol. The van der Waals surface area contributed by atoms with E-state index >= 15 is 0 Å². The van der Waals surface area contributed by atoms with Crippen molar-refractivity contribution in [1.82, 2.24) is 20.5 Å². The van der Waals surface area contributed by atoms with Gasteiger partial charge in [0.15, 0.2) is 0 Å². The summed E-state index contributed by atoms with van der Waals surface area (Å²) in [5.74, 6) is -0.0442. The van der Waals surface area contributed by atoms with Gasteiger partial charge in [0.1, 0.15) is 0 Å². The summed E-state index contributed by atoms with van der Waals surface area (Å²) in [5.41, 5.74) is 3.01. The standard InChI is InChI=1S/C17H22N4OS/c1-12-20-15(11-23-12)10-21-7-6-19-9-16(21)13-4-3-5-14(8-13)17(22)18-2/h3-5,8,11,16,19H,6-7,9-10H2,1-2H3,(H,18,22). The number of nitrogens with one attached hydrogen (secondary N) is 2. The third kappa shape index (κ3) is 3.77. The zero-order valence-electron chi connectivity index (χ0n) is 13.5. The van der Waals surface area contributed by atoms with E-state index in [1.54, 1.807) is 18.4 Å². The van der Waals surface area contributed by atoms with Gasteiger partial charge in [-0.3, -0.25) is 9.69 Å². The van der Waals surface area contributed by atoms with Crippen LogP contribution in [0.1, 0.15) is 32.7 Å². The van der Waals surface area contributed by atoms with Crippen LogP contribution in [0.25, 0.3) is 0 Å². The second-order valence-electron chi connectivity index (χ2n) is 5.75. The van der Waals surface area contributed by atoms with E-state index in [4.69, 9.17) is 0 Å². The molecule has 122 valence electrons. The summed E-state index contributed by atoms with van der Waals surface area (Å²) in [7, 11) is 1.66. The van der Waals surface area contributed by atoms with Gasteiger partial charge in [0.2, 0.25) is 0 Å². The van der Waals surface area contributed by atoms with E-state index in [0.717, 1.165) is 36.9 Å². The lowest BCUT2D eigenvalue weighted by Gasteiger charge is -2.36. The Labute approximate surface area is 140 Å². The van der Waals surface area contributed by atoms with Crippen LogP contribution in [0.4, 0.5) is 0 Å². The van der Waals surface area contributed by atoms with E-state index in [9.17, 15) is 4.79 Å². The minimum Gasteiger partial charge on any atom is -0.355 e. The largest absolute Gasteiger partial charge is 0.355 e. The first-order valence-corrected chi connectivity index (χ1v) is 8.73. The molecule has 1 aromatic carbocycles. The van der Waals surface area contributed by atoms with E-state index in [1.165, 1.54) is 5.56 Å². The van der Waals surface area contributed by atoms with E-state index < -0.39 is 0 Å². The van der Waals surface area contributed by atoms with Crippen molar-refractivity contribution in [2.45, 2.75) is 19.5 Å². The Morgan fingerprint density at radius 1 is 1.52 bits per heavy atom. The molecule has 2 N–H and O–H groups in total. The van der Waals surface area contributed by atoms with Crippen molar-refractivity contribution in [3.8, 4) is 0 Å². The number of aromatic nitrogens is 1. The Kier molecular flexibility index (Phi) is 5.05. The van der Waals surface area contributed by atoms with Gasteiger partial charge in [0.25, 0.3) is 5.91 Å². The minimum atomic E-state index is -0.0442. The Morgan fingerprint density at radius 3 is 3.13 bits per heavy atom. The quantitative estimate of drug-likeness (QED) is 0.900. The van der Waals surface area contributed by atoms with Crippen molar-refractivity contribution in [3.05, 3.63) is 51.5 Å². The van der Waals surface area contributed by atoms with Gasteiger partial charge in [-0.1, -0.05) is 12.1 Å². The highest BCUT2D eigenvalue weighted by atomic mass is 32.1. The summed E-state index contributed by atoms with van der Waals surface area (Å²) in [4.78, 5) is 18.9. The van der Waals surface area contributed by atoms with E-state index in [1.807, 2.05) is 25.1 Å². The fraction of sp³-hybridized carbons (Fsp3) is 0.412. The number of nitrogens with zero attached hydrogens (tertiary/aromatic N) is 2. The van der Waals surface area contributed by atoms with Crippen LogP contribution in [-0.2, 0) is 6.54 Å². The summed E-state index contributed by atoms with van der Waals surface area (Å²) in [6, 6.07) is 8.17. The van der Waals surface area contributed by atoms with Crippen molar-refractivity contribution in [3.63, 3.8) is 0 Å². The van der Waals surface area contributed by atoms with E-state index in [-0.39, 0.29) is 11.9 Å². The summed E-state index contributed by atoms with van der Waals surface area (Å²) in [5, 5.41) is 9.38. The van der Waals surface area contributed by atoms with Gasteiger partial charge in [0.05, 0.1) is 10.7 Å². The Morgan fingerprint density at radius 2 is 2.39 bits per heavy atom. The summed E-state index contributed by atoms with van der Waals surface area (Å²) < 4.78 is 0. The number of hydrogen-bond donors (Lipinski definition) is 2. The summed E-state index contributed by atoms with van der Waals surface area (Å²) >= 11 is 1.69. The fourth-order valence-electron chi connectivity index (χ4n) is 2.98. The second kappa shape index (κ2) is 7.21. The van der Waals surface area contributed by atoms with Crippen LogP contribution in [-0.4, -0.2) is 42.5 Å². The van der Waals surface area contributed by atoms with Crippen molar-refractivity contribution in [1.29, 1.82) is 0 Å². The number of carbonyl (C=O) groups excluding carboxylic acids is 1. The molecule has 0 spiro atoms. The maximum Gasteiger partial charge on any atom is 0.251 e. The molecule has 1 aliphatic heterocycles. The average molecular weight is 330 g/mol. The molecule has 2 heterocycles. The molecule has 1 aliphatic rings. The molecule has 1 atom stereocenters. The first-order chi connectivity index (χ1) is 11.2. The van der Waals surface area contributed by atoms with Gasteiger partial charge in [0, 0.05) is 50.2 Å². The fourth-order valence-corrected chi connectivity index (χ4v) is 3.59. The minimum absolute atomic E-state index is 0.0442. The molecular formula is C17H22N4OS. The molecule has 0 radical (unpaired) electrons. The van der Waals surface area contributed by atoms with E-state index in [2.05, 4.69) is 32.0 Å². The van der Waals surface area contributed by atoms with Crippen LogP contribution in [0, 0.1) is 6.92 Å².